The minimum absolute atomic E-state index is 0.0512. The van der Waals surface area contributed by atoms with Gasteiger partial charge in [0.15, 0.2) is 0 Å². The molecule has 4 nitrogen and oxygen atoms in total. The Morgan fingerprint density at radius 3 is 2.73 bits per heavy atom. The molecule has 0 saturated heterocycles. The molecule has 1 amide bonds. The normalized spacial score (nSPS) is 12.1. The Bertz CT molecular complexity index is 343. The van der Waals surface area contributed by atoms with Gasteiger partial charge in [-0.05, 0) is 6.07 Å². The third-order valence-electron chi connectivity index (χ3n) is 1.91. The molecule has 82 valence electrons. The van der Waals surface area contributed by atoms with Crippen LogP contribution in [0.25, 0.3) is 0 Å². The molecule has 0 fully saturated rings. The summed E-state index contributed by atoms with van der Waals surface area (Å²) in [5.41, 5.74) is 5.63. The Labute approximate surface area is 92.9 Å². The molecular formula is C10H12ClNO3. The lowest BCUT2D eigenvalue weighted by Gasteiger charge is -2.16. The van der Waals surface area contributed by atoms with Gasteiger partial charge in [-0.3, -0.25) is 0 Å². The summed E-state index contributed by atoms with van der Waals surface area (Å²) in [6, 6.07) is 7.19. The molecule has 0 radical (unpaired) electrons. The van der Waals surface area contributed by atoms with E-state index in [1.165, 1.54) is 7.11 Å². The summed E-state index contributed by atoms with van der Waals surface area (Å²) in [6.07, 6.45) is -1.23. The van der Waals surface area contributed by atoms with Gasteiger partial charge in [-0.2, -0.15) is 0 Å². The topological polar surface area (TPSA) is 61.6 Å². The van der Waals surface area contributed by atoms with Crippen molar-refractivity contribution in [1.82, 2.24) is 0 Å². The van der Waals surface area contributed by atoms with E-state index in [4.69, 9.17) is 22.1 Å². The Morgan fingerprint density at radius 1 is 1.53 bits per heavy atom. The summed E-state index contributed by atoms with van der Waals surface area (Å²) in [5.74, 6) is 0. The van der Waals surface area contributed by atoms with E-state index in [0.29, 0.717) is 5.02 Å². The molecule has 2 N–H and O–H groups in total. The number of benzene rings is 1. The summed E-state index contributed by atoms with van der Waals surface area (Å²) >= 11 is 5.96. The summed E-state index contributed by atoms with van der Waals surface area (Å²) in [5, 5.41) is 0.567. The van der Waals surface area contributed by atoms with Crippen molar-refractivity contribution in [3.8, 4) is 0 Å². The minimum Gasteiger partial charge on any atom is -0.447 e. The first kappa shape index (κ1) is 11.8. The average Bonchev–Trinajstić information content (AvgIpc) is 2.21. The van der Waals surface area contributed by atoms with Gasteiger partial charge in [0.2, 0.25) is 0 Å². The molecule has 1 aromatic rings. The van der Waals surface area contributed by atoms with E-state index >= 15 is 0 Å². The maximum atomic E-state index is 10.4. The molecule has 1 atom stereocenters. The fraction of sp³-hybridized carbons (Fsp3) is 0.300. The van der Waals surface area contributed by atoms with Crippen molar-refractivity contribution in [2.75, 3.05) is 13.7 Å². The van der Waals surface area contributed by atoms with Crippen LogP contribution in [0.3, 0.4) is 0 Å². The quantitative estimate of drug-likeness (QED) is 0.860. The van der Waals surface area contributed by atoms with Gasteiger partial charge in [0.05, 0.1) is 0 Å². The lowest BCUT2D eigenvalue weighted by Crippen LogP contribution is -2.19. The number of methoxy groups -OCH3 is 1. The summed E-state index contributed by atoms with van der Waals surface area (Å²) < 4.78 is 9.81. The smallest absolute Gasteiger partial charge is 0.404 e. The van der Waals surface area contributed by atoms with Gasteiger partial charge in [-0.1, -0.05) is 29.8 Å². The number of amides is 1. The summed E-state index contributed by atoms with van der Waals surface area (Å²) in [4.78, 5) is 10.4. The van der Waals surface area contributed by atoms with Crippen LogP contribution in [0.1, 0.15) is 11.7 Å². The lowest BCUT2D eigenvalue weighted by atomic mass is 10.1. The van der Waals surface area contributed by atoms with E-state index in [9.17, 15) is 4.79 Å². The van der Waals surface area contributed by atoms with Gasteiger partial charge in [0.25, 0.3) is 0 Å². The van der Waals surface area contributed by atoms with E-state index in [2.05, 4.69) is 4.74 Å². The van der Waals surface area contributed by atoms with Crippen molar-refractivity contribution >= 4 is 17.7 Å². The van der Waals surface area contributed by atoms with Gasteiger partial charge in [0.1, 0.15) is 12.7 Å². The highest BCUT2D eigenvalue weighted by Crippen LogP contribution is 2.24. The van der Waals surface area contributed by atoms with E-state index in [0.717, 1.165) is 5.56 Å². The number of carbonyl (C=O) groups is 1. The monoisotopic (exact) mass is 229 g/mol. The molecule has 1 rings (SSSR count). The fourth-order valence-corrected chi connectivity index (χ4v) is 1.44. The van der Waals surface area contributed by atoms with Gasteiger partial charge >= 0.3 is 6.09 Å². The number of nitrogens with two attached hydrogens (primary N) is 1. The number of rotatable bonds is 4. The third kappa shape index (κ3) is 3.42. The van der Waals surface area contributed by atoms with E-state index in [1.807, 2.05) is 12.1 Å². The predicted octanol–water partition coefficient (Wildman–Crippen LogP) is 2.12. The number of carbonyl (C=O) groups excluding carboxylic acids is 1. The van der Waals surface area contributed by atoms with E-state index in [1.54, 1.807) is 12.1 Å². The Morgan fingerprint density at radius 2 is 2.20 bits per heavy atom. The molecule has 0 heterocycles. The van der Waals surface area contributed by atoms with Crippen LogP contribution in [0, 0.1) is 0 Å². The summed E-state index contributed by atoms with van der Waals surface area (Å²) in [6.45, 7) is 0.0512. The predicted molar refractivity (Wildman–Crippen MR) is 56.7 cm³/mol. The van der Waals surface area contributed by atoms with Crippen molar-refractivity contribution in [3.05, 3.63) is 34.9 Å². The van der Waals surface area contributed by atoms with Crippen LogP contribution >= 0.6 is 11.6 Å². The standard InChI is InChI=1S/C10H12ClNO3/c1-14-9(6-15-10(12)13)7-4-2-3-5-8(7)11/h2-5,9H,6H2,1H3,(H2,12,13). The van der Waals surface area contributed by atoms with Crippen LogP contribution < -0.4 is 5.73 Å². The van der Waals surface area contributed by atoms with Crippen molar-refractivity contribution in [1.29, 1.82) is 0 Å². The van der Waals surface area contributed by atoms with E-state index in [-0.39, 0.29) is 6.61 Å². The molecule has 0 aliphatic heterocycles. The van der Waals surface area contributed by atoms with Crippen LogP contribution in [0.5, 0.6) is 0 Å². The molecule has 0 aromatic heterocycles. The number of ether oxygens (including phenoxy) is 2. The zero-order valence-corrected chi connectivity index (χ0v) is 9.03. The average molecular weight is 230 g/mol. The number of hydrogen-bond donors (Lipinski definition) is 1. The van der Waals surface area contributed by atoms with Crippen molar-refractivity contribution < 1.29 is 14.3 Å². The molecule has 5 heteroatoms. The van der Waals surface area contributed by atoms with Crippen LogP contribution in [0.4, 0.5) is 4.79 Å². The number of primary amides is 1. The fourth-order valence-electron chi connectivity index (χ4n) is 1.18. The van der Waals surface area contributed by atoms with Gasteiger partial charge in [-0.25, -0.2) is 4.79 Å². The van der Waals surface area contributed by atoms with Gasteiger partial charge in [0, 0.05) is 17.7 Å². The second-order valence-corrected chi connectivity index (χ2v) is 3.28. The highest BCUT2D eigenvalue weighted by Gasteiger charge is 2.14. The lowest BCUT2D eigenvalue weighted by molar-refractivity contribution is 0.0373. The molecule has 1 unspecified atom stereocenters. The third-order valence-corrected chi connectivity index (χ3v) is 2.26. The summed E-state index contributed by atoms with van der Waals surface area (Å²) in [7, 11) is 1.51. The van der Waals surface area contributed by atoms with Crippen molar-refractivity contribution in [3.63, 3.8) is 0 Å². The second-order valence-electron chi connectivity index (χ2n) is 2.88. The molecule has 0 saturated carbocycles. The molecule has 0 aliphatic rings. The maximum absolute atomic E-state index is 10.4. The van der Waals surface area contributed by atoms with Gasteiger partial charge < -0.3 is 15.2 Å². The van der Waals surface area contributed by atoms with Gasteiger partial charge in [-0.15, -0.1) is 0 Å². The maximum Gasteiger partial charge on any atom is 0.404 e. The minimum atomic E-state index is -0.830. The first-order chi connectivity index (χ1) is 7.15. The zero-order valence-electron chi connectivity index (χ0n) is 8.27. The molecular weight excluding hydrogens is 218 g/mol. The zero-order chi connectivity index (χ0) is 11.3. The Hall–Kier alpha value is -1.26. The highest BCUT2D eigenvalue weighted by atomic mass is 35.5. The van der Waals surface area contributed by atoms with Crippen LogP contribution in [-0.4, -0.2) is 19.8 Å². The molecule has 15 heavy (non-hydrogen) atoms. The van der Waals surface area contributed by atoms with Crippen LogP contribution in [-0.2, 0) is 9.47 Å². The van der Waals surface area contributed by atoms with Crippen molar-refractivity contribution in [2.45, 2.75) is 6.10 Å². The molecule has 0 aliphatic carbocycles. The van der Waals surface area contributed by atoms with Crippen LogP contribution in [0.15, 0.2) is 24.3 Å². The largest absolute Gasteiger partial charge is 0.447 e. The SMILES string of the molecule is COC(COC(N)=O)c1ccccc1Cl. The second kappa shape index (κ2) is 5.58. The van der Waals surface area contributed by atoms with Crippen LogP contribution in [0.2, 0.25) is 5.02 Å². The first-order valence-electron chi connectivity index (χ1n) is 4.34. The molecule has 0 bridgehead atoms. The molecule has 1 aromatic carbocycles. The number of hydrogen-bond acceptors (Lipinski definition) is 3. The van der Waals surface area contributed by atoms with Crippen molar-refractivity contribution in [2.24, 2.45) is 5.73 Å². The number of halogens is 1. The van der Waals surface area contributed by atoms with E-state index < -0.39 is 12.2 Å². The Kier molecular flexibility index (Phi) is 4.39. The first-order valence-corrected chi connectivity index (χ1v) is 4.72. The highest BCUT2D eigenvalue weighted by molar-refractivity contribution is 6.31. The molecule has 0 spiro atoms. The Balaban J connectivity index is 2.74.